The van der Waals surface area contributed by atoms with Crippen molar-refractivity contribution < 1.29 is 9.59 Å². The monoisotopic (exact) mass is 297 g/mol. The summed E-state index contributed by atoms with van der Waals surface area (Å²) in [5, 5.41) is 2.80. The number of rotatable bonds is 6. The Morgan fingerprint density at radius 1 is 1.19 bits per heavy atom. The highest BCUT2D eigenvalue weighted by molar-refractivity contribution is 5.79. The number of carbonyl (C=O) groups is 2. The van der Waals surface area contributed by atoms with Crippen molar-refractivity contribution in [1.82, 2.24) is 10.2 Å². The summed E-state index contributed by atoms with van der Waals surface area (Å²) in [5.41, 5.74) is 6.10. The Kier molecular flexibility index (Phi) is 7.15. The van der Waals surface area contributed by atoms with Crippen molar-refractivity contribution in [2.45, 2.75) is 65.3 Å². The minimum Gasteiger partial charge on any atom is -0.356 e. The van der Waals surface area contributed by atoms with Gasteiger partial charge in [-0.05, 0) is 31.1 Å². The number of nitrogens with zero attached hydrogens (tertiary/aromatic N) is 1. The lowest BCUT2D eigenvalue weighted by Gasteiger charge is -2.26. The van der Waals surface area contributed by atoms with Crippen molar-refractivity contribution in [1.29, 1.82) is 0 Å². The molecule has 1 fully saturated rings. The van der Waals surface area contributed by atoms with Gasteiger partial charge in [-0.25, -0.2) is 0 Å². The summed E-state index contributed by atoms with van der Waals surface area (Å²) in [5.74, 6) is 0.0900. The molecule has 0 aromatic heterocycles. The molecular weight excluding hydrogens is 266 g/mol. The van der Waals surface area contributed by atoms with Crippen LogP contribution < -0.4 is 11.1 Å². The highest BCUT2D eigenvalue weighted by atomic mass is 16.2. The fourth-order valence-electron chi connectivity index (χ4n) is 2.78. The van der Waals surface area contributed by atoms with Gasteiger partial charge in [0.25, 0.3) is 0 Å². The second-order valence-electron chi connectivity index (χ2n) is 7.27. The highest BCUT2D eigenvalue weighted by Crippen LogP contribution is 2.20. The molecule has 1 unspecified atom stereocenters. The predicted molar refractivity (Wildman–Crippen MR) is 84.7 cm³/mol. The molecule has 1 aliphatic heterocycles. The van der Waals surface area contributed by atoms with E-state index in [-0.39, 0.29) is 23.3 Å². The lowest BCUT2D eigenvalue weighted by molar-refractivity contribution is -0.132. The van der Waals surface area contributed by atoms with E-state index in [0.717, 1.165) is 32.4 Å². The summed E-state index contributed by atoms with van der Waals surface area (Å²) < 4.78 is 0. The minimum absolute atomic E-state index is 0.0572. The van der Waals surface area contributed by atoms with Gasteiger partial charge in [-0.2, -0.15) is 0 Å². The number of nitrogens with one attached hydrogen (secondary N) is 1. The molecule has 5 nitrogen and oxygen atoms in total. The molecule has 0 saturated carbocycles. The van der Waals surface area contributed by atoms with E-state index in [1.54, 1.807) is 0 Å². The van der Waals surface area contributed by atoms with Gasteiger partial charge >= 0.3 is 0 Å². The summed E-state index contributed by atoms with van der Waals surface area (Å²) >= 11 is 0. The first-order valence-electron chi connectivity index (χ1n) is 8.08. The molecule has 0 bridgehead atoms. The summed E-state index contributed by atoms with van der Waals surface area (Å²) in [6.45, 7) is 8.48. The van der Waals surface area contributed by atoms with Crippen LogP contribution in [-0.2, 0) is 9.59 Å². The van der Waals surface area contributed by atoms with Gasteiger partial charge in [-0.3, -0.25) is 9.59 Å². The third-order valence-electron chi connectivity index (χ3n) is 3.69. The molecule has 21 heavy (non-hydrogen) atoms. The van der Waals surface area contributed by atoms with Gasteiger partial charge in [0.15, 0.2) is 0 Å². The lowest BCUT2D eigenvalue weighted by Crippen LogP contribution is -2.39. The number of likely N-dealkylation sites (tertiary alicyclic amines) is 1. The van der Waals surface area contributed by atoms with Crippen LogP contribution in [0.3, 0.4) is 0 Å². The maximum Gasteiger partial charge on any atom is 0.224 e. The third kappa shape index (κ3) is 8.05. The average molecular weight is 297 g/mol. The van der Waals surface area contributed by atoms with Crippen LogP contribution in [0.25, 0.3) is 0 Å². The van der Waals surface area contributed by atoms with E-state index in [4.69, 9.17) is 5.73 Å². The maximum atomic E-state index is 11.9. The van der Waals surface area contributed by atoms with Gasteiger partial charge in [0, 0.05) is 38.5 Å². The van der Waals surface area contributed by atoms with Crippen molar-refractivity contribution in [2.75, 3.05) is 19.6 Å². The second kappa shape index (κ2) is 8.37. The molecule has 3 N–H and O–H groups in total. The summed E-state index contributed by atoms with van der Waals surface area (Å²) in [7, 11) is 0. The number of piperidine rings is 1. The molecular formula is C16H31N3O2. The van der Waals surface area contributed by atoms with Crippen molar-refractivity contribution in [2.24, 2.45) is 11.1 Å². The molecule has 0 aliphatic carbocycles. The largest absolute Gasteiger partial charge is 0.356 e. The highest BCUT2D eigenvalue weighted by Gasteiger charge is 2.19. The molecule has 0 aromatic rings. The summed E-state index contributed by atoms with van der Waals surface area (Å²) in [6.07, 6.45) is 4.94. The van der Waals surface area contributed by atoms with Crippen LogP contribution in [0.1, 0.15) is 59.3 Å². The fraction of sp³-hybridized carbons (Fsp3) is 0.875. The Hall–Kier alpha value is -1.10. The molecule has 122 valence electrons. The fourth-order valence-corrected chi connectivity index (χ4v) is 2.78. The standard InChI is InChI=1S/C16H31N3O2/c1-16(2,3)12-13(17)11-14(20)18-8-7-15(21)19-9-5-4-6-10-19/h13H,4-12,17H2,1-3H3,(H,18,20). The molecule has 0 spiro atoms. The molecule has 1 saturated heterocycles. The Balaban J connectivity index is 2.16. The first-order chi connectivity index (χ1) is 9.78. The van der Waals surface area contributed by atoms with E-state index in [0.29, 0.717) is 19.4 Å². The zero-order chi connectivity index (χ0) is 15.9. The van der Waals surface area contributed by atoms with Crippen LogP contribution in [0.4, 0.5) is 0 Å². The molecule has 0 radical (unpaired) electrons. The van der Waals surface area contributed by atoms with Gasteiger partial charge in [0.05, 0.1) is 0 Å². The van der Waals surface area contributed by atoms with E-state index < -0.39 is 0 Å². The van der Waals surface area contributed by atoms with Gasteiger partial charge in [-0.15, -0.1) is 0 Å². The van der Waals surface area contributed by atoms with Gasteiger partial charge < -0.3 is 16.0 Å². The van der Waals surface area contributed by atoms with E-state index in [1.807, 2.05) is 4.90 Å². The smallest absolute Gasteiger partial charge is 0.224 e. The Morgan fingerprint density at radius 2 is 1.81 bits per heavy atom. The van der Waals surface area contributed by atoms with Crippen LogP contribution in [-0.4, -0.2) is 42.4 Å². The van der Waals surface area contributed by atoms with E-state index >= 15 is 0 Å². The van der Waals surface area contributed by atoms with E-state index in [2.05, 4.69) is 26.1 Å². The minimum atomic E-state index is -0.122. The number of amides is 2. The molecule has 1 heterocycles. The van der Waals surface area contributed by atoms with Crippen molar-refractivity contribution in [3.05, 3.63) is 0 Å². The Morgan fingerprint density at radius 3 is 2.38 bits per heavy atom. The summed E-state index contributed by atoms with van der Waals surface area (Å²) in [6, 6.07) is -0.122. The first-order valence-corrected chi connectivity index (χ1v) is 8.08. The van der Waals surface area contributed by atoms with Gasteiger partial charge in [0.2, 0.25) is 11.8 Å². The molecule has 1 aliphatic rings. The SMILES string of the molecule is CC(C)(C)CC(N)CC(=O)NCCC(=O)N1CCCCC1. The molecule has 2 amide bonds. The van der Waals surface area contributed by atoms with Crippen molar-refractivity contribution >= 4 is 11.8 Å². The molecule has 0 aromatic carbocycles. The normalized spacial score (nSPS) is 17.4. The van der Waals surface area contributed by atoms with Gasteiger partial charge in [-0.1, -0.05) is 20.8 Å². The van der Waals surface area contributed by atoms with Crippen LogP contribution in [0.15, 0.2) is 0 Å². The first kappa shape index (κ1) is 18.0. The quantitative estimate of drug-likeness (QED) is 0.783. The Bertz CT molecular complexity index is 344. The number of carbonyl (C=O) groups excluding carboxylic acids is 2. The number of hydrogen-bond donors (Lipinski definition) is 2. The number of nitrogens with two attached hydrogens (primary N) is 1. The van der Waals surface area contributed by atoms with Crippen LogP contribution >= 0.6 is 0 Å². The average Bonchev–Trinajstić information content (AvgIpc) is 2.37. The van der Waals surface area contributed by atoms with Crippen LogP contribution in [0.5, 0.6) is 0 Å². The maximum absolute atomic E-state index is 11.9. The van der Waals surface area contributed by atoms with Crippen molar-refractivity contribution in [3.63, 3.8) is 0 Å². The van der Waals surface area contributed by atoms with Crippen LogP contribution in [0, 0.1) is 5.41 Å². The van der Waals surface area contributed by atoms with E-state index in [1.165, 1.54) is 6.42 Å². The lowest BCUT2D eigenvalue weighted by atomic mass is 9.87. The van der Waals surface area contributed by atoms with E-state index in [9.17, 15) is 9.59 Å². The molecule has 1 atom stereocenters. The second-order valence-corrected chi connectivity index (χ2v) is 7.27. The molecule has 1 rings (SSSR count). The van der Waals surface area contributed by atoms with Crippen molar-refractivity contribution in [3.8, 4) is 0 Å². The topological polar surface area (TPSA) is 75.4 Å². The zero-order valence-electron chi connectivity index (χ0n) is 13.8. The zero-order valence-corrected chi connectivity index (χ0v) is 13.8. The van der Waals surface area contributed by atoms with Crippen LogP contribution in [0.2, 0.25) is 0 Å². The predicted octanol–water partition coefficient (Wildman–Crippen LogP) is 1.66. The van der Waals surface area contributed by atoms with Gasteiger partial charge in [0.1, 0.15) is 0 Å². The molecule has 5 heteroatoms. The third-order valence-corrected chi connectivity index (χ3v) is 3.69. The number of hydrogen-bond acceptors (Lipinski definition) is 3. The Labute approximate surface area is 128 Å². The summed E-state index contributed by atoms with van der Waals surface area (Å²) in [4.78, 5) is 25.6.